The van der Waals surface area contributed by atoms with Crippen molar-refractivity contribution >= 4 is 5.91 Å². The molecule has 4 unspecified atom stereocenters. The summed E-state index contributed by atoms with van der Waals surface area (Å²) in [5, 5.41) is 3.65. The summed E-state index contributed by atoms with van der Waals surface area (Å²) in [5.74, 6) is 1.12. The lowest BCUT2D eigenvalue weighted by atomic mass is 9.85. The molecule has 0 aromatic heterocycles. The normalized spacial score (nSPS) is 39.0. The van der Waals surface area contributed by atoms with Crippen LogP contribution in [0.2, 0.25) is 0 Å². The molecule has 1 N–H and O–H groups in total. The molecule has 5 nitrogen and oxygen atoms in total. The second-order valence-electron chi connectivity index (χ2n) is 8.34. The number of nitrogens with one attached hydrogen (secondary N) is 1. The van der Waals surface area contributed by atoms with Gasteiger partial charge < -0.3 is 15.0 Å². The van der Waals surface area contributed by atoms with Crippen molar-refractivity contribution in [2.75, 3.05) is 32.8 Å². The van der Waals surface area contributed by atoms with E-state index in [4.69, 9.17) is 4.74 Å². The number of hydrogen-bond donors (Lipinski definition) is 1. The van der Waals surface area contributed by atoms with Crippen LogP contribution in [0.4, 0.5) is 0 Å². The quantitative estimate of drug-likeness (QED) is 0.833. The minimum absolute atomic E-state index is 0.0954. The monoisotopic (exact) mass is 335 g/mol. The molecule has 4 aliphatic rings. The molecule has 1 saturated carbocycles. The van der Waals surface area contributed by atoms with Crippen molar-refractivity contribution in [2.45, 2.75) is 76.1 Å². The van der Waals surface area contributed by atoms with Gasteiger partial charge in [-0.3, -0.25) is 9.69 Å². The van der Waals surface area contributed by atoms with Crippen molar-refractivity contribution < 1.29 is 9.53 Å². The van der Waals surface area contributed by atoms with Crippen LogP contribution >= 0.6 is 0 Å². The van der Waals surface area contributed by atoms with E-state index in [1.54, 1.807) is 0 Å². The molecule has 0 aromatic carbocycles. The Morgan fingerprint density at radius 3 is 2.62 bits per heavy atom. The van der Waals surface area contributed by atoms with Crippen LogP contribution in [-0.4, -0.2) is 72.7 Å². The van der Waals surface area contributed by atoms with E-state index in [0.717, 1.165) is 58.0 Å². The highest BCUT2D eigenvalue weighted by molar-refractivity contribution is 5.82. The molecular formula is C19H33N3O2. The van der Waals surface area contributed by atoms with Crippen molar-refractivity contribution in [3.8, 4) is 0 Å². The van der Waals surface area contributed by atoms with Crippen LogP contribution in [0.1, 0.15) is 51.9 Å². The first-order valence-electron chi connectivity index (χ1n) is 10.1. The molecular weight excluding hydrogens is 302 g/mol. The van der Waals surface area contributed by atoms with Gasteiger partial charge in [-0.2, -0.15) is 0 Å². The zero-order chi connectivity index (χ0) is 16.5. The van der Waals surface area contributed by atoms with Crippen molar-refractivity contribution in [3.05, 3.63) is 0 Å². The Hall–Kier alpha value is -0.650. The van der Waals surface area contributed by atoms with E-state index >= 15 is 0 Å². The minimum Gasteiger partial charge on any atom is -0.376 e. The largest absolute Gasteiger partial charge is 0.376 e. The van der Waals surface area contributed by atoms with Crippen LogP contribution in [0.15, 0.2) is 0 Å². The lowest BCUT2D eigenvalue weighted by Gasteiger charge is -2.42. The standard InChI is InChI=1S/C19H33N3O2/c1-14-13-22(10-11-24-14)16-6-8-21(9-7-16)19(23)18-12-15-4-2-3-5-17(15)20-18/h14-18,20H,2-13H2,1H3. The SMILES string of the molecule is CC1CN(C2CCN(C(=O)C3CC4CCCCC4N3)CC2)CCO1. The van der Waals surface area contributed by atoms with Gasteiger partial charge in [0.05, 0.1) is 18.8 Å². The molecule has 136 valence electrons. The van der Waals surface area contributed by atoms with Gasteiger partial charge in [-0.25, -0.2) is 0 Å². The lowest BCUT2D eigenvalue weighted by molar-refractivity contribution is -0.135. The highest BCUT2D eigenvalue weighted by atomic mass is 16.5. The molecule has 0 spiro atoms. The van der Waals surface area contributed by atoms with Gasteiger partial charge >= 0.3 is 0 Å². The van der Waals surface area contributed by atoms with Gasteiger partial charge in [-0.05, 0) is 44.9 Å². The number of ether oxygens (including phenoxy) is 1. The lowest BCUT2D eigenvalue weighted by Crippen LogP contribution is -2.54. The molecule has 0 aromatic rings. The van der Waals surface area contributed by atoms with E-state index in [0.29, 0.717) is 24.1 Å². The first-order chi connectivity index (χ1) is 11.7. The van der Waals surface area contributed by atoms with Crippen LogP contribution in [-0.2, 0) is 9.53 Å². The Bertz CT molecular complexity index is 436. The van der Waals surface area contributed by atoms with E-state index in [2.05, 4.69) is 22.0 Å². The summed E-state index contributed by atoms with van der Waals surface area (Å²) < 4.78 is 5.66. The number of carbonyl (C=O) groups is 1. The molecule has 24 heavy (non-hydrogen) atoms. The van der Waals surface area contributed by atoms with Crippen LogP contribution in [0.5, 0.6) is 0 Å². The number of likely N-dealkylation sites (tertiary alicyclic amines) is 1. The molecule has 1 aliphatic carbocycles. The van der Waals surface area contributed by atoms with Crippen LogP contribution in [0, 0.1) is 5.92 Å². The first-order valence-corrected chi connectivity index (χ1v) is 10.1. The predicted octanol–water partition coefficient (Wildman–Crippen LogP) is 1.62. The van der Waals surface area contributed by atoms with E-state index in [-0.39, 0.29) is 6.04 Å². The third kappa shape index (κ3) is 3.49. The molecule has 4 atom stereocenters. The summed E-state index contributed by atoms with van der Waals surface area (Å²) in [5.41, 5.74) is 0. The molecule has 5 heteroatoms. The van der Waals surface area contributed by atoms with E-state index in [1.165, 1.54) is 25.7 Å². The zero-order valence-electron chi connectivity index (χ0n) is 15.1. The minimum atomic E-state index is 0.0954. The van der Waals surface area contributed by atoms with Crippen molar-refractivity contribution in [3.63, 3.8) is 0 Å². The van der Waals surface area contributed by atoms with Crippen molar-refractivity contribution in [1.82, 2.24) is 15.1 Å². The Morgan fingerprint density at radius 2 is 1.88 bits per heavy atom. The molecule has 4 rings (SSSR count). The number of rotatable bonds is 2. The molecule has 3 saturated heterocycles. The Balaban J connectivity index is 1.27. The number of amides is 1. The van der Waals surface area contributed by atoms with Gasteiger partial charge in [0, 0.05) is 38.3 Å². The van der Waals surface area contributed by atoms with Crippen LogP contribution < -0.4 is 5.32 Å². The average Bonchev–Trinajstić information content (AvgIpc) is 3.05. The number of nitrogens with zero attached hydrogens (tertiary/aromatic N) is 2. The summed E-state index contributed by atoms with van der Waals surface area (Å²) in [6, 6.07) is 1.35. The second-order valence-corrected chi connectivity index (χ2v) is 8.34. The predicted molar refractivity (Wildman–Crippen MR) is 93.9 cm³/mol. The third-order valence-corrected chi connectivity index (χ3v) is 6.73. The van der Waals surface area contributed by atoms with Gasteiger partial charge in [0.1, 0.15) is 0 Å². The Kier molecular flexibility index (Phi) is 5.11. The fraction of sp³-hybridized carbons (Fsp3) is 0.947. The van der Waals surface area contributed by atoms with E-state index in [1.807, 2.05) is 0 Å². The number of carbonyl (C=O) groups excluding carboxylic acids is 1. The third-order valence-electron chi connectivity index (χ3n) is 6.73. The smallest absolute Gasteiger partial charge is 0.239 e. The number of fused-ring (bicyclic) bond motifs is 1. The number of hydrogen-bond acceptors (Lipinski definition) is 4. The summed E-state index contributed by atoms with van der Waals surface area (Å²) in [7, 11) is 0. The topological polar surface area (TPSA) is 44.8 Å². The maximum absolute atomic E-state index is 12.9. The summed E-state index contributed by atoms with van der Waals surface area (Å²) in [4.78, 5) is 17.6. The Labute approximate surface area is 146 Å². The zero-order valence-corrected chi connectivity index (χ0v) is 15.1. The molecule has 0 bridgehead atoms. The molecule has 3 aliphatic heterocycles. The first kappa shape index (κ1) is 16.8. The molecule has 4 fully saturated rings. The van der Waals surface area contributed by atoms with Crippen LogP contribution in [0.25, 0.3) is 0 Å². The van der Waals surface area contributed by atoms with E-state index in [9.17, 15) is 4.79 Å². The van der Waals surface area contributed by atoms with Gasteiger partial charge in [0.25, 0.3) is 0 Å². The molecule has 1 amide bonds. The van der Waals surface area contributed by atoms with Gasteiger partial charge in [-0.15, -0.1) is 0 Å². The highest BCUT2D eigenvalue weighted by Gasteiger charge is 2.40. The Morgan fingerprint density at radius 1 is 1.08 bits per heavy atom. The van der Waals surface area contributed by atoms with Crippen molar-refractivity contribution in [1.29, 1.82) is 0 Å². The molecule has 3 heterocycles. The van der Waals surface area contributed by atoms with E-state index < -0.39 is 0 Å². The average molecular weight is 335 g/mol. The van der Waals surface area contributed by atoms with Gasteiger partial charge in [0.15, 0.2) is 0 Å². The highest BCUT2D eigenvalue weighted by Crippen LogP contribution is 2.34. The molecule has 0 radical (unpaired) electrons. The van der Waals surface area contributed by atoms with Crippen LogP contribution in [0.3, 0.4) is 0 Å². The fourth-order valence-electron chi connectivity index (χ4n) is 5.36. The second kappa shape index (κ2) is 7.30. The number of piperidine rings is 1. The maximum Gasteiger partial charge on any atom is 0.239 e. The van der Waals surface area contributed by atoms with Gasteiger partial charge in [0.2, 0.25) is 5.91 Å². The summed E-state index contributed by atoms with van der Waals surface area (Å²) >= 11 is 0. The van der Waals surface area contributed by atoms with Gasteiger partial charge in [-0.1, -0.05) is 12.8 Å². The maximum atomic E-state index is 12.9. The summed E-state index contributed by atoms with van der Waals surface area (Å²) in [6.07, 6.45) is 8.95. The fourth-order valence-corrected chi connectivity index (χ4v) is 5.36. The number of morpholine rings is 1. The van der Waals surface area contributed by atoms with Crippen molar-refractivity contribution in [2.24, 2.45) is 5.92 Å². The summed E-state index contributed by atoms with van der Waals surface area (Å²) in [6.45, 7) is 6.99.